The fourth-order valence-corrected chi connectivity index (χ4v) is 6.73. The Morgan fingerprint density at radius 3 is 2.21 bits per heavy atom. The molecule has 278 valence electrons. The molecule has 2 fully saturated rings. The van der Waals surface area contributed by atoms with E-state index in [0.29, 0.717) is 54.8 Å². The molecule has 1 saturated carbocycles. The standard InChI is InChI=1S/C35H41F3N8O6/c1-4-27(47)42-25-15-26(30(29(25)48)52-33(49)35(36,37)38)46-18-41-28-31(43-34(44-32(28)46)45-14-13-21(39)17-45)40-16-24(19-5-9-22(50-2)10-6-19)20-7-11-23(51-3)12-8-20/h5-12,18,21,24-26,29-30,48H,4,13-17,39H2,1-3H3,(H,42,47)(H,40,43,44)/t21-,25+,26-,29-,30+/m1/s1. The number of hydrogen-bond acceptors (Lipinski definition) is 12. The molecule has 52 heavy (non-hydrogen) atoms. The predicted molar refractivity (Wildman–Crippen MR) is 184 cm³/mol. The number of halogens is 3. The first-order valence-electron chi connectivity index (χ1n) is 16.9. The summed E-state index contributed by atoms with van der Waals surface area (Å²) in [6.07, 6.45) is -6.56. The van der Waals surface area contributed by atoms with Gasteiger partial charge in [-0.15, -0.1) is 0 Å². The Morgan fingerprint density at radius 2 is 1.67 bits per heavy atom. The van der Waals surface area contributed by atoms with Crippen LogP contribution in [0.25, 0.3) is 11.2 Å². The molecule has 17 heteroatoms. The van der Waals surface area contributed by atoms with Gasteiger partial charge in [0.1, 0.15) is 17.6 Å². The number of ether oxygens (including phenoxy) is 3. The van der Waals surface area contributed by atoms with Crippen LogP contribution in [0.4, 0.5) is 24.9 Å². The Kier molecular flexibility index (Phi) is 10.7. The summed E-state index contributed by atoms with van der Waals surface area (Å²) in [4.78, 5) is 40.5. The second-order valence-electron chi connectivity index (χ2n) is 12.9. The molecule has 1 saturated heterocycles. The number of nitrogens with zero attached hydrogens (tertiary/aromatic N) is 5. The number of carbonyl (C=O) groups excluding carboxylic acids is 2. The van der Waals surface area contributed by atoms with E-state index in [2.05, 4.69) is 15.6 Å². The van der Waals surface area contributed by atoms with Crippen molar-refractivity contribution in [2.24, 2.45) is 5.73 Å². The zero-order valence-electron chi connectivity index (χ0n) is 28.8. The number of hydrogen-bond donors (Lipinski definition) is 4. The molecule has 0 spiro atoms. The number of methoxy groups -OCH3 is 2. The number of rotatable bonds is 12. The first kappa shape index (κ1) is 36.6. The summed E-state index contributed by atoms with van der Waals surface area (Å²) in [5.74, 6) is -1.00. The van der Waals surface area contributed by atoms with Gasteiger partial charge in [-0.2, -0.15) is 23.1 Å². The van der Waals surface area contributed by atoms with E-state index in [0.717, 1.165) is 11.1 Å². The second kappa shape index (κ2) is 15.2. The van der Waals surface area contributed by atoms with Crippen LogP contribution in [0.2, 0.25) is 0 Å². The number of fused-ring (bicyclic) bond motifs is 1. The monoisotopic (exact) mass is 726 g/mol. The van der Waals surface area contributed by atoms with Gasteiger partial charge in [0.25, 0.3) is 0 Å². The van der Waals surface area contributed by atoms with Crippen LogP contribution >= 0.6 is 0 Å². The molecule has 1 amide bonds. The van der Waals surface area contributed by atoms with Crippen molar-refractivity contribution in [3.8, 4) is 11.5 Å². The van der Waals surface area contributed by atoms with Gasteiger partial charge in [-0.05, 0) is 48.2 Å². The molecule has 1 aliphatic heterocycles. The predicted octanol–water partition coefficient (Wildman–Crippen LogP) is 3.30. The van der Waals surface area contributed by atoms with Crippen molar-refractivity contribution in [2.45, 2.75) is 68.6 Å². The minimum atomic E-state index is -5.31. The average molecular weight is 727 g/mol. The van der Waals surface area contributed by atoms with Crippen molar-refractivity contribution in [3.63, 3.8) is 0 Å². The van der Waals surface area contributed by atoms with Gasteiger partial charge in [0.05, 0.1) is 32.6 Å². The summed E-state index contributed by atoms with van der Waals surface area (Å²) in [6, 6.07) is 13.2. The Morgan fingerprint density at radius 1 is 1.04 bits per heavy atom. The molecule has 5 N–H and O–H groups in total. The summed E-state index contributed by atoms with van der Waals surface area (Å²) >= 11 is 0. The fourth-order valence-electron chi connectivity index (χ4n) is 6.73. The lowest BCUT2D eigenvalue weighted by Gasteiger charge is -2.25. The van der Waals surface area contributed by atoms with Gasteiger partial charge < -0.3 is 45.2 Å². The summed E-state index contributed by atoms with van der Waals surface area (Å²) in [6.45, 7) is 2.98. The van der Waals surface area contributed by atoms with E-state index in [1.165, 1.54) is 10.9 Å². The van der Waals surface area contributed by atoms with Crippen LogP contribution in [0, 0.1) is 0 Å². The Hall–Kier alpha value is -5.16. The van der Waals surface area contributed by atoms with Crippen LogP contribution in [0.1, 0.15) is 49.3 Å². The third-order valence-electron chi connectivity index (χ3n) is 9.55. The van der Waals surface area contributed by atoms with E-state index in [9.17, 15) is 27.9 Å². The van der Waals surface area contributed by atoms with E-state index in [1.807, 2.05) is 53.4 Å². The topological polar surface area (TPSA) is 179 Å². The lowest BCUT2D eigenvalue weighted by molar-refractivity contribution is -0.209. The van der Waals surface area contributed by atoms with Crippen LogP contribution in [-0.2, 0) is 14.3 Å². The first-order chi connectivity index (χ1) is 24.9. The van der Waals surface area contributed by atoms with Crippen molar-refractivity contribution < 1.29 is 42.1 Å². The van der Waals surface area contributed by atoms with Crippen molar-refractivity contribution >= 4 is 34.8 Å². The van der Waals surface area contributed by atoms with Crippen LogP contribution in [0.5, 0.6) is 11.5 Å². The third kappa shape index (κ3) is 7.69. The van der Waals surface area contributed by atoms with Gasteiger partial charge >= 0.3 is 12.1 Å². The lowest BCUT2D eigenvalue weighted by atomic mass is 9.91. The van der Waals surface area contributed by atoms with Crippen LogP contribution < -0.4 is 30.7 Å². The van der Waals surface area contributed by atoms with Gasteiger partial charge in [0, 0.05) is 38.0 Å². The molecular weight excluding hydrogens is 685 g/mol. The summed E-state index contributed by atoms with van der Waals surface area (Å²) in [7, 11) is 3.19. The van der Waals surface area contributed by atoms with Crippen molar-refractivity contribution in [3.05, 3.63) is 66.0 Å². The molecular formula is C35H41F3N8O6. The second-order valence-corrected chi connectivity index (χ2v) is 12.9. The number of esters is 1. The number of aliphatic hydroxyl groups excluding tert-OH is 1. The Labute approximate surface area is 297 Å². The van der Waals surface area contributed by atoms with Gasteiger partial charge in [-0.3, -0.25) is 4.79 Å². The van der Waals surface area contributed by atoms with E-state index in [1.54, 1.807) is 21.1 Å². The third-order valence-corrected chi connectivity index (χ3v) is 9.55. The number of amides is 1. The SMILES string of the molecule is CCC(=O)N[C@H]1C[C@@H](n2cnc3c(NCC(c4ccc(OC)cc4)c4ccc(OC)cc4)nc(N4CC[C@@H](N)C4)nc32)[C@H](OC(=O)C(F)(F)F)[C@@H]1O. The van der Waals surface area contributed by atoms with Crippen LogP contribution in [-0.4, -0.2) is 101 Å². The minimum absolute atomic E-state index is 0.0676. The molecule has 2 aliphatic rings. The highest BCUT2D eigenvalue weighted by atomic mass is 19.4. The smallest absolute Gasteiger partial charge is 0.490 e. The molecule has 14 nitrogen and oxygen atoms in total. The van der Waals surface area contributed by atoms with Gasteiger partial charge in [-0.25, -0.2) is 9.78 Å². The molecule has 6 rings (SSSR count). The maximum absolute atomic E-state index is 13.4. The number of carbonyl (C=O) groups is 2. The van der Waals surface area contributed by atoms with Crippen molar-refractivity contribution in [1.82, 2.24) is 24.8 Å². The minimum Gasteiger partial charge on any atom is -0.497 e. The van der Waals surface area contributed by atoms with Crippen LogP contribution in [0.3, 0.4) is 0 Å². The highest BCUT2D eigenvalue weighted by Crippen LogP contribution is 2.38. The average Bonchev–Trinajstić information content (AvgIpc) is 3.85. The number of nitrogens with two attached hydrogens (primary N) is 1. The van der Waals surface area contributed by atoms with Gasteiger partial charge in [0.15, 0.2) is 23.1 Å². The highest BCUT2D eigenvalue weighted by molar-refractivity contribution is 5.85. The Bertz CT molecular complexity index is 1830. The number of nitrogens with one attached hydrogen (secondary N) is 2. The zero-order chi connectivity index (χ0) is 37.2. The number of alkyl halides is 3. The highest BCUT2D eigenvalue weighted by Gasteiger charge is 2.51. The summed E-state index contributed by atoms with van der Waals surface area (Å²) in [5.41, 5.74) is 8.71. The molecule has 2 aromatic heterocycles. The molecule has 0 bridgehead atoms. The summed E-state index contributed by atoms with van der Waals surface area (Å²) in [5, 5.41) is 17.2. The zero-order valence-corrected chi connectivity index (χ0v) is 28.8. The largest absolute Gasteiger partial charge is 0.497 e. The lowest BCUT2D eigenvalue weighted by Crippen LogP contribution is -2.45. The molecule has 1 aliphatic carbocycles. The fraction of sp³-hybridized carbons (Fsp3) is 0.457. The maximum Gasteiger partial charge on any atom is 0.490 e. The molecule has 5 atom stereocenters. The number of anilines is 2. The Balaban J connectivity index is 1.40. The number of benzene rings is 2. The number of aliphatic hydroxyl groups is 1. The van der Waals surface area contributed by atoms with Gasteiger partial charge in [0.2, 0.25) is 11.9 Å². The number of aromatic nitrogens is 4. The quantitative estimate of drug-likeness (QED) is 0.157. The molecule has 3 heterocycles. The summed E-state index contributed by atoms with van der Waals surface area (Å²) < 4.78 is 57.3. The number of imidazole rings is 1. The maximum atomic E-state index is 13.4. The molecule has 2 aromatic carbocycles. The normalized spacial score (nSPS) is 21.8. The van der Waals surface area contributed by atoms with Gasteiger partial charge in [-0.1, -0.05) is 31.2 Å². The van der Waals surface area contributed by atoms with E-state index in [-0.39, 0.29) is 30.4 Å². The van der Waals surface area contributed by atoms with Crippen molar-refractivity contribution in [1.29, 1.82) is 0 Å². The van der Waals surface area contributed by atoms with E-state index in [4.69, 9.17) is 29.9 Å². The molecule has 0 radical (unpaired) electrons. The first-order valence-corrected chi connectivity index (χ1v) is 16.9. The van der Waals surface area contributed by atoms with Crippen LogP contribution in [0.15, 0.2) is 54.9 Å². The van der Waals surface area contributed by atoms with E-state index >= 15 is 0 Å². The van der Waals surface area contributed by atoms with Crippen molar-refractivity contribution in [2.75, 3.05) is 44.1 Å². The molecule has 0 unspecified atom stereocenters. The molecule has 4 aromatic rings. The van der Waals surface area contributed by atoms with E-state index < -0.39 is 42.3 Å².